The molecule has 0 unspecified atom stereocenters. The lowest BCUT2D eigenvalue weighted by molar-refractivity contribution is 0.559. The van der Waals surface area contributed by atoms with Gasteiger partial charge >= 0.3 is 0 Å². The van der Waals surface area contributed by atoms with Gasteiger partial charge in [-0.15, -0.1) is 0 Å². The van der Waals surface area contributed by atoms with Gasteiger partial charge in [0.15, 0.2) is 16.6 Å². The second kappa shape index (κ2) is 8.53. The van der Waals surface area contributed by atoms with Crippen molar-refractivity contribution in [3.63, 3.8) is 0 Å². The van der Waals surface area contributed by atoms with Crippen LogP contribution in [-0.2, 0) is 4.12 Å². The van der Waals surface area contributed by atoms with Gasteiger partial charge in [0.2, 0.25) is 0 Å². The van der Waals surface area contributed by atoms with E-state index in [0.717, 1.165) is 0 Å². The van der Waals surface area contributed by atoms with Gasteiger partial charge in [0, 0.05) is 0 Å². The van der Waals surface area contributed by atoms with Gasteiger partial charge in [-0.05, 0) is 39.3 Å². The van der Waals surface area contributed by atoms with Crippen LogP contribution in [-0.4, -0.2) is 16.6 Å². The van der Waals surface area contributed by atoms with E-state index in [1.54, 1.807) is 0 Å². The molecule has 0 aliphatic rings. The molecular weight excluding hydrogens is 216 g/mol. The van der Waals surface area contributed by atoms with Crippen molar-refractivity contribution in [3.8, 4) is 0 Å². The van der Waals surface area contributed by atoms with E-state index in [-0.39, 0.29) is 0 Å². The molecule has 0 spiro atoms. The average molecular weight is 249 g/mol. The third-order valence-electron chi connectivity index (χ3n) is 1.57. The van der Waals surface area contributed by atoms with Gasteiger partial charge in [-0.25, -0.2) is 0 Å². The third kappa shape index (κ3) is 25.1. The minimum atomic E-state index is -1.23. The Morgan fingerprint density at radius 1 is 0.667 bits per heavy atom. The molecule has 1 nitrogen and oxygen atoms in total. The number of hydrogen-bond donors (Lipinski definition) is 0. The Hall–Kier alpha value is 0.394. The minimum Gasteiger partial charge on any atom is -0.456 e. The second-order valence-electron chi connectivity index (χ2n) is 6.03. The summed E-state index contributed by atoms with van der Waals surface area (Å²) in [4.78, 5) is 0. The molecular formula is C12H32OSi2. The summed E-state index contributed by atoms with van der Waals surface area (Å²) >= 11 is 0. The first-order valence-electron chi connectivity index (χ1n) is 6.32. The van der Waals surface area contributed by atoms with Gasteiger partial charge < -0.3 is 4.12 Å². The Balaban J connectivity index is 0. The number of hydrogen-bond acceptors (Lipinski definition) is 1. The van der Waals surface area contributed by atoms with Crippen LogP contribution in [0, 0.1) is 0 Å². The topological polar surface area (TPSA) is 9.23 Å². The predicted molar refractivity (Wildman–Crippen MR) is 77.6 cm³/mol. The van der Waals surface area contributed by atoms with Crippen molar-refractivity contribution in [3.05, 3.63) is 0 Å². The fraction of sp³-hybridized carbons (Fsp3) is 1.00. The zero-order valence-electron chi connectivity index (χ0n) is 12.2. The van der Waals surface area contributed by atoms with Crippen LogP contribution < -0.4 is 0 Å². The van der Waals surface area contributed by atoms with Crippen molar-refractivity contribution in [1.82, 2.24) is 0 Å². The number of unbranched alkanes of at least 4 members (excludes halogenated alkanes) is 3. The van der Waals surface area contributed by atoms with Crippen LogP contribution >= 0.6 is 0 Å². The van der Waals surface area contributed by atoms with E-state index in [2.05, 4.69) is 53.1 Å². The quantitative estimate of drug-likeness (QED) is 0.476. The molecule has 3 heteroatoms. The Kier molecular flexibility index (Phi) is 10.1. The molecule has 0 aromatic heterocycles. The molecule has 0 radical (unpaired) electrons. The van der Waals surface area contributed by atoms with E-state index < -0.39 is 16.6 Å². The molecule has 0 fully saturated rings. The van der Waals surface area contributed by atoms with Gasteiger partial charge in [0.1, 0.15) is 0 Å². The van der Waals surface area contributed by atoms with E-state index in [0.29, 0.717) is 0 Å². The van der Waals surface area contributed by atoms with Crippen LogP contribution in [0.1, 0.15) is 39.5 Å². The summed E-state index contributed by atoms with van der Waals surface area (Å²) < 4.78 is 5.90. The van der Waals surface area contributed by atoms with Crippen LogP contribution in [0.5, 0.6) is 0 Å². The highest BCUT2D eigenvalue weighted by molar-refractivity contribution is 6.83. The van der Waals surface area contributed by atoms with Crippen LogP contribution in [0.15, 0.2) is 0 Å². The normalized spacial score (nSPS) is 12.0. The molecule has 0 atom stereocenters. The summed E-state index contributed by atoms with van der Waals surface area (Å²) in [7, 11) is -2.46. The molecule has 0 aliphatic carbocycles. The van der Waals surface area contributed by atoms with Gasteiger partial charge in [-0.1, -0.05) is 39.5 Å². The largest absolute Gasteiger partial charge is 0.456 e. The maximum Gasteiger partial charge on any atom is 0.170 e. The monoisotopic (exact) mass is 248 g/mol. The maximum atomic E-state index is 5.90. The highest BCUT2D eigenvalue weighted by Gasteiger charge is 2.24. The first kappa shape index (κ1) is 17.8. The first-order chi connectivity index (χ1) is 6.62. The predicted octanol–water partition coefficient (Wildman–Crippen LogP) is 5.26. The van der Waals surface area contributed by atoms with Crippen LogP contribution in [0.4, 0.5) is 0 Å². The molecule has 0 aliphatic heterocycles. The molecule has 0 aromatic carbocycles. The van der Waals surface area contributed by atoms with E-state index >= 15 is 0 Å². The minimum absolute atomic E-state index is 1.23. The van der Waals surface area contributed by atoms with Crippen LogP contribution in [0.2, 0.25) is 39.3 Å². The Morgan fingerprint density at radius 2 is 0.933 bits per heavy atom. The molecule has 94 valence electrons. The van der Waals surface area contributed by atoms with Crippen molar-refractivity contribution in [1.29, 1.82) is 0 Å². The highest BCUT2D eigenvalue weighted by Crippen LogP contribution is 2.12. The van der Waals surface area contributed by atoms with Gasteiger partial charge in [-0.3, -0.25) is 0 Å². The average Bonchev–Trinajstić information content (AvgIpc) is 1.94. The van der Waals surface area contributed by atoms with Gasteiger partial charge in [0.05, 0.1) is 0 Å². The van der Waals surface area contributed by atoms with E-state index in [9.17, 15) is 0 Å². The molecule has 0 N–H and O–H groups in total. The van der Waals surface area contributed by atoms with Crippen molar-refractivity contribution >= 4 is 16.6 Å². The summed E-state index contributed by atoms with van der Waals surface area (Å²) in [6, 6.07) is 0. The molecule has 0 amide bonds. The fourth-order valence-electron chi connectivity index (χ4n) is 1.42. The molecule has 0 saturated carbocycles. The summed E-state index contributed by atoms with van der Waals surface area (Å²) in [6.07, 6.45) is 5.54. The summed E-state index contributed by atoms with van der Waals surface area (Å²) in [5, 5.41) is 0. The molecule has 0 aromatic rings. The highest BCUT2D eigenvalue weighted by atomic mass is 28.4. The molecule has 0 heterocycles. The Bertz CT molecular complexity index is 118. The smallest absolute Gasteiger partial charge is 0.170 e. The zero-order valence-corrected chi connectivity index (χ0v) is 14.2. The summed E-state index contributed by atoms with van der Waals surface area (Å²) in [6.45, 7) is 17.9. The molecule has 15 heavy (non-hydrogen) atoms. The van der Waals surface area contributed by atoms with Crippen molar-refractivity contribution in [2.75, 3.05) is 0 Å². The van der Waals surface area contributed by atoms with Crippen LogP contribution in [0.25, 0.3) is 0 Å². The van der Waals surface area contributed by atoms with Crippen molar-refractivity contribution < 1.29 is 4.12 Å². The van der Waals surface area contributed by atoms with E-state index in [1.807, 2.05) is 0 Å². The summed E-state index contributed by atoms with van der Waals surface area (Å²) in [5.74, 6) is 0. The van der Waals surface area contributed by atoms with Crippen molar-refractivity contribution in [2.24, 2.45) is 0 Å². The summed E-state index contributed by atoms with van der Waals surface area (Å²) in [5.41, 5.74) is 0. The fourth-order valence-corrected chi connectivity index (χ4v) is 8.77. The van der Waals surface area contributed by atoms with Gasteiger partial charge in [-0.2, -0.15) is 0 Å². The zero-order chi connectivity index (χ0) is 12.5. The lowest BCUT2D eigenvalue weighted by Gasteiger charge is -2.27. The van der Waals surface area contributed by atoms with Gasteiger partial charge in [0.25, 0.3) is 0 Å². The SMILES string of the molecule is CCCCCC.C[Si](C)(C)O[Si](C)(C)C. The third-order valence-corrected chi connectivity index (χ3v) is 6.47. The molecule has 0 saturated heterocycles. The first-order valence-corrected chi connectivity index (χ1v) is 13.1. The van der Waals surface area contributed by atoms with Crippen LogP contribution in [0.3, 0.4) is 0 Å². The number of rotatable bonds is 5. The van der Waals surface area contributed by atoms with E-state index in [4.69, 9.17) is 4.12 Å². The Morgan fingerprint density at radius 3 is 1.00 bits per heavy atom. The standard InChI is InChI=1S/C6H18OSi2.C6H14/c1-8(2,3)7-9(4,5)6;1-3-5-6-4-2/h1-6H3;3-6H2,1-2H3. The Labute approximate surface area is 99.9 Å². The molecule has 0 rings (SSSR count). The molecule has 0 bridgehead atoms. The lowest BCUT2D eigenvalue weighted by Crippen LogP contribution is -2.39. The van der Waals surface area contributed by atoms with Crippen molar-refractivity contribution in [2.45, 2.75) is 78.8 Å². The maximum absolute atomic E-state index is 5.90. The second-order valence-corrected chi connectivity index (χ2v) is 15.3. The lowest BCUT2D eigenvalue weighted by atomic mass is 10.2. The van der Waals surface area contributed by atoms with E-state index in [1.165, 1.54) is 25.7 Å².